The maximum atomic E-state index is 11.3. The molecule has 1 aromatic heterocycles. The predicted molar refractivity (Wildman–Crippen MR) is 71.5 cm³/mol. The van der Waals surface area contributed by atoms with Gasteiger partial charge in [0.2, 0.25) is 5.91 Å². The minimum absolute atomic E-state index is 0.0280. The fourth-order valence-corrected chi connectivity index (χ4v) is 3.06. The summed E-state index contributed by atoms with van der Waals surface area (Å²) in [7, 11) is 0. The van der Waals surface area contributed by atoms with Crippen LogP contribution in [0.5, 0.6) is 0 Å². The number of hydrogen-bond donors (Lipinski definition) is 2. The number of aliphatic carboxylic acids is 1. The molecule has 1 saturated heterocycles. The van der Waals surface area contributed by atoms with E-state index in [9.17, 15) is 9.59 Å². The van der Waals surface area contributed by atoms with Crippen LogP contribution in [0, 0.1) is 0 Å². The van der Waals surface area contributed by atoms with E-state index in [1.807, 2.05) is 4.57 Å². The van der Waals surface area contributed by atoms with Crippen molar-refractivity contribution < 1.29 is 14.7 Å². The van der Waals surface area contributed by atoms with Crippen molar-refractivity contribution in [3.05, 3.63) is 5.82 Å². The fraction of sp³-hybridized carbons (Fsp3) is 0.667. The highest BCUT2D eigenvalue weighted by atomic mass is 32.2. The Labute approximate surface area is 120 Å². The lowest BCUT2D eigenvalue weighted by Gasteiger charge is -2.14. The highest BCUT2D eigenvalue weighted by Gasteiger charge is 2.32. The van der Waals surface area contributed by atoms with Gasteiger partial charge in [-0.25, -0.2) is 0 Å². The van der Waals surface area contributed by atoms with Gasteiger partial charge in [-0.2, -0.15) is 0 Å². The zero-order chi connectivity index (χ0) is 14.1. The third kappa shape index (κ3) is 2.95. The summed E-state index contributed by atoms with van der Waals surface area (Å²) in [5, 5.41) is 20.7. The van der Waals surface area contributed by atoms with Crippen molar-refractivity contribution in [3.63, 3.8) is 0 Å². The highest BCUT2D eigenvalue weighted by Crippen LogP contribution is 2.40. The quantitative estimate of drug-likeness (QED) is 0.747. The van der Waals surface area contributed by atoms with Gasteiger partial charge in [0.1, 0.15) is 5.82 Å². The fourth-order valence-electron chi connectivity index (χ4n) is 2.38. The Balaban J connectivity index is 1.76. The topological polar surface area (TPSA) is 97.1 Å². The van der Waals surface area contributed by atoms with E-state index in [1.54, 1.807) is 0 Å². The highest BCUT2D eigenvalue weighted by molar-refractivity contribution is 7.99. The molecule has 1 aromatic rings. The monoisotopic (exact) mass is 296 g/mol. The molecule has 1 amide bonds. The van der Waals surface area contributed by atoms with Crippen molar-refractivity contribution in [1.82, 2.24) is 20.1 Å². The Kier molecular flexibility index (Phi) is 3.64. The zero-order valence-corrected chi connectivity index (χ0v) is 11.7. The Morgan fingerprint density at radius 2 is 2.20 bits per heavy atom. The summed E-state index contributed by atoms with van der Waals surface area (Å²) in [5.74, 6) is 0.556. The molecule has 7 nitrogen and oxygen atoms in total. The molecule has 0 spiro atoms. The van der Waals surface area contributed by atoms with Crippen LogP contribution < -0.4 is 5.32 Å². The zero-order valence-electron chi connectivity index (χ0n) is 10.9. The van der Waals surface area contributed by atoms with Gasteiger partial charge in [-0.15, -0.1) is 10.2 Å². The number of carboxylic acids is 1. The summed E-state index contributed by atoms with van der Waals surface area (Å²) in [6, 6.07) is 0.0974. The van der Waals surface area contributed by atoms with Crippen LogP contribution in [0.15, 0.2) is 5.16 Å². The second-order valence-electron chi connectivity index (χ2n) is 5.21. The third-order valence-corrected chi connectivity index (χ3v) is 4.45. The van der Waals surface area contributed by atoms with Crippen LogP contribution in [-0.4, -0.2) is 43.5 Å². The summed E-state index contributed by atoms with van der Waals surface area (Å²) >= 11 is 1.18. The largest absolute Gasteiger partial charge is 0.481 e. The van der Waals surface area contributed by atoms with E-state index in [4.69, 9.17) is 5.11 Å². The van der Waals surface area contributed by atoms with Gasteiger partial charge >= 0.3 is 5.97 Å². The van der Waals surface area contributed by atoms with Gasteiger partial charge in [-0.3, -0.25) is 9.59 Å². The number of aromatic nitrogens is 3. The van der Waals surface area contributed by atoms with E-state index >= 15 is 0 Å². The Bertz CT molecular complexity index is 541. The van der Waals surface area contributed by atoms with Crippen molar-refractivity contribution >= 4 is 23.6 Å². The molecule has 1 aliphatic carbocycles. The van der Waals surface area contributed by atoms with Crippen molar-refractivity contribution in [2.45, 2.75) is 49.3 Å². The molecule has 1 aliphatic heterocycles. The molecule has 2 fully saturated rings. The second kappa shape index (κ2) is 5.43. The minimum atomic E-state index is -0.869. The number of carboxylic acid groups (broad SMARTS) is 1. The lowest BCUT2D eigenvalue weighted by Crippen LogP contribution is -2.30. The molecule has 3 rings (SSSR count). The molecule has 2 N–H and O–H groups in total. The summed E-state index contributed by atoms with van der Waals surface area (Å²) in [6.07, 6.45) is 3.59. The van der Waals surface area contributed by atoms with E-state index in [0.717, 1.165) is 25.1 Å². The Hall–Kier alpha value is -1.57. The first kappa shape index (κ1) is 13.4. The molecule has 108 valence electrons. The first-order valence-electron chi connectivity index (χ1n) is 6.70. The van der Waals surface area contributed by atoms with Gasteiger partial charge < -0.3 is 15.0 Å². The van der Waals surface area contributed by atoms with Crippen LogP contribution >= 0.6 is 11.8 Å². The van der Waals surface area contributed by atoms with E-state index in [-0.39, 0.29) is 17.7 Å². The molecule has 0 radical (unpaired) electrons. The number of thioether (sulfide) groups is 1. The number of carbonyl (C=O) groups is 2. The van der Waals surface area contributed by atoms with Gasteiger partial charge in [0, 0.05) is 24.9 Å². The van der Waals surface area contributed by atoms with Crippen molar-refractivity contribution in [2.75, 3.05) is 5.75 Å². The standard InChI is InChI=1S/C12H16N4O3S/c17-9-4-3-8(13-9)5-16-11(7-1-2-7)14-15-12(16)20-6-10(18)19/h7-8H,1-6H2,(H,13,17)(H,18,19). The van der Waals surface area contributed by atoms with Gasteiger partial charge in [0.25, 0.3) is 0 Å². The van der Waals surface area contributed by atoms with Crippen LogP contribution in [-0.2, 0) is 16.1 Å². The van der Waals surface area contributed by atoms with Gasteiger partial charge in [-0.05, 0) is 19.3 Å². The molecule has 0 aromatic carbocycles. The molecule has 20 heavy (non-hydrogen) atoms. The van der Waals surface area contributed by atoms with Crippen LogP contribution in [0.2, 0.25) is 0 Å². The van der Waals surface area contributed by atoms with Crippen LogP contribution in [0.25, 0.3) is 0 Å². The lowest BCUT2D eigenvalue weighted by atomic mass is 10.2. The molecule has 2 aliphatic rings. The molecule has 2 heterocycles. The number of carbonyl (C=O) groups excluding carboxylic acids is 1. The summed E-state index contributed by atoms with van der Waals surface area (Å²) < 4.78 is 1.99. The maximum absolute atomic E-state index is 11.3. The van der Waals surface area contributed by atoms with Gasteiger partial charge in [-0.1, -0.05) is 11.8 Å². The summed E-state index contributed by atoms with van der Waals surface area (Å²) in [6.45, 7) is 0.631. The molecular formula is C12H16N4O3S. The Morgan fingerprint density at radius 3 is 2.80 bits per heavy atom. The molecule has 1 atom stereocenters. The molecule has 0 bridgehead atoms. The first-order chi connectivity index (χ1) is 9.63. The van der Waals surface area contributed by atoms with E-state index < -0.39 is 5.97 Å². The first-order valence-corrected chi connectivity index (χ1v) is 7.69. The average molecular weight is 296 g/mol. The molecule has 8 heteroatoms. The van der Waals surface area contributed by atoms with Crippen molar-refractivity contribution in [3.8, 4) is 0 Å². The maximum Gasteiger partial charge on any atom is 0.313 e. The predicted octanol–water partition coefficient (Wildman–Crippen LogP) is 0.611. The molecule has 1 saturated carbocycles. The summed E-state index contributed by atoms with van der Waals surface area (Å²) in [5.41, 5.74) is 0. The number of nitrogens with zero attached hydrogens (tertiary/aromatic N) is 3. The van der Waals surface area contributed by atoms with E-state index in [1.165, 1.54) is 11.8 Å². The van der Waals surface area contributed by atoms with Gasteiger partial charge in [0.05, 0.1) is 5.75 Å². The minimum Gasteiger partial charge on any atom is -0.481 e. The third-order valence-electron chi connectivity index (χ3n) is 3.50. The second-order valence-corrected chi connectivity index (χ2v) is 6.15. The lowest BCUT2D eigenvalue weighted by molar-refractivity contribution is -0.133. The number of nitrogens with one attached hydrogen (secondary N) is 1. The smallest absolute Gasteiger partial charge is 0.313 e. The SMILES string of the molecule is O=C(O)CSc1nnc(C2CC2)n1CC1CCC(=O)N1. The van der Waals surface area contributed by atoms with Crippen LogP contribution in [0.3, 0.4) is 0 Å². The summed E-state index contributed by atoms with van der Waals surface area (Å²) in [4.78, 5) is 22.0. The number of amides is 1. The number of hydrogen-bond acceptors (Lipinski definition) is 5. The number of rotatable bonds is 6. The Morgan fingerprint density at radius 1 is 1.40 bits per heavy atom. The van der Waals surface area contributed by atoms with Crippen molar-refractivity contribution in [1.29, 1.82) is 0 Å². The molecule has 1 unspecified atom stereocenters. The van der Waals surface area contributed by atoms with Gasteiger partial charge in [0.15, 0.2) is 5.16 Å². The van der Waals surface area contributed by atoms with E-state index in [0.29, 0.717) is 24.0 Å². The molecular weight excluding hydrogens is 280 g/mol. The normalized spacial score (nSPS) is 22.0. The van der Waals surface area contributed by atoms with E-state index in [2.05, 4.69) is 15.5 Å². The van der Waals surface area contributed by atoms with Crippen LogP contribution in [0.1, 0.15) is 37.4 Å². The average Bonchev–Trinajstić information content (AvgIpc) is 3.05. The van der Waals surface area contributed by atoms with Crippen LogP contribution in [0.4, 0.5) is 0 Å². The van der Waals surface area contributed by atoms with Crippen molar-refractivity contribution in [2.24, 2.45) is 0 Å².